The van der Waals surface area contributed by atoms with Crippen LogP contribution in [0, 0.1) is 6.92 Å². The number of piperazine rings is 1. The quantitative estimate of drug-likeness (QED) is 0.307. The Balaban J connectivity index is 1.21. The summed E-state index contributed by atoms with van der Waals surface area (Å²) >= 11 is 0. The van der Waals surface area contributed by atoms with E-state index < -0.39 is 0 Å². The maximum Gasteiger partial charge on any atom is 0.255 e. The van der Waals surface area contributed by atoms with Crippen molar-refractivity contribution in [2.45, 2.75) is 13.3 Å². The summed E-state index contributed by atoms with van der Waals surface area (Å²) < 4.78 is 17.0. The molecule has 1 amide bonds. The molecule has 4 aromatic rings. The highest BCUT2D eigenvalue weighted by Crippen LogP contribution is 2.30. The smallest absolute Gasteiger partial charge is 0.255 e. The molecule has 5 rings (SSSR count). The van der Waals surface area contributed by atoms with E-state index in [2.05, 4.69) is 21.2 Å². The summed E-state index contributed by atoms with van der Waals surface area (Å²) in [6, 6.07) is 20.6. The van der Waals surface area contributed by atoms with Gasteiger partial charge in [-0.25, -0.2) is 0 Å². The predicted octanol–water partition coefficient (Wildman–Crippen LogP) is 4.73. The Kier molecular flexibility index (Phi) is 8.36. The summed E-state index contributed by atoms with van der Waals surface area (Å²) in [7, 11) is 3.31. The molecule has 1 saturated heterocycles. The molecule has 0 bridgehead atoms. The van der Waals surface area contributed by atoms with E-state index in [4.69, 9.17) is 13.9 Å². The summed E-state index contributed by atoms with van der Waals surface area (Å²) in [5, 5.41) is 3.42. The first-order valence-electron chi connectivity index (χ1n) is 13.6. The van der Waals surface area contributed by atoms with Gasteiger partial charge in [-0.05, 0) is 68.4 Å². The molecule has 0 radical (unpaired) electrons. The predicted molar refractivity (Wildman–Crippen MR) is 158 cm³/mol. The molecule has 3 aromatic carbocycles. The first kappa shape index (κ1) is 27.3. The van der Waals surface area contributed by atoms with Gasteiger partial charge in [0.15, 0.2) is 11.0 Å². The number of carbonyl (C=O) groups excluding carboxylic acids is 1. The summed E-state index contributed by atoms with van der Waals surface area (Å²) in [6.07, 6.45) is 0.825. The lowest BCUT2D eigenvalue weighted by molar-refractivity contribution is 0.0952. The second-order valence-electron chi connectivity index (χ2n) is 9.91. The normalized spacial score (nSPS) is 13.8. The number of nitrogens with one attached hydrogen (secondary N) is 1. The number of amides is 1. The van der Waals surface area contributed by atoms with Gasteiger partial charge < -0.3 is 24.1 Å². The Bertz CT molecular complexity index is 1540. The Hall–Kier alpha value is -4.30. The number of nitrogens with zero attached hydrogens (tertiary/aromatic N) is 2. The third-order valence-electron chi connectivity index (χ3n) is 7.48. The SMILES string of the molecule is COc1ccc(-c2oc3c(C(=O)NCCCN4CCN(c5ccccc5OC)CC4)cccc3c(=O)c2C)cc1. The van der Waals surface area contributed by atoms with Crippen molar-refractivity contribution in [3.8, 4) is 22.8 Å². The van der Waals surface area contributed by atoms with Crippen molar-refractivity contribution in [2.75, 3.05) is 58.4 Å². The molecule has 0 saturated carbocycles. The van der Waals surface area contributed by atoms with Crippen LogP contribution < -0.4 is 25.1 Å². The van der Waals surface area contributed by atoms with E-state index in [9.17, 15) is 9.59 Å². The Morgan fingerprint density at radius 3 is 2.40 bits per heavy atom. The number of carbonyl (C=O) groups is 1. The molecular formula is C32H35N3O5. The van der Waals surface area contributed by atoms with Crippen LogP contribution >= 0.6 is 0 Å². The van der Waals surface area contributed by atoms with Crippen molar-refractivity contribution >= 4 is 22.6 Å². The fourth-order valence-corrected chi connectivity index (χ4v) is 5.21. The van der Waals surface area contributed by atoms with Crippen molar-refractivity contribution in [1.82, 2.24) is 10.2 Å². The number of rotatable bonds is 9. The minimum Gasteiger partial charge on any atom is -0.497 e. The number of benzene rings is 3. The largest absolute Gasteiger partial charge is 0.497 e. The van der Waals surface area contributed by atoms with Crippen LogP contribution in [0.1, 0.15) is 22.3 Å². The Morgan fingerprint density at radius 2 is 1.68 bits per heavy atom. The van der Waals surface area contributed by atoms with Gasteiger partial charge in [0.25, 0.3) is 5.91 Å². The Labute approximate surface area is 234 Å². The summed E-state index contributed by atoms with van der Waals surface area (Å²) in [5.41, 5.74) is 2.89. The lowest BCUT2D eigenvalue weighted by Gasteiger charge is -2.36. The molecule has 1 fully saturated rings. The van der Waals surface area contributed by atoms with Crippen molar-refractivity contribution in [3.05, 3.63) is 88.1 Å². The average Bonchev–Trinajstić information content (AvgIpc) is 3.01. The number of hydrogen-bond acceptors (Lipinski definition) is 7. The van der Waals surface area contributed by atoms with Gasteiger partial charge in [0.1, 0.15) is 17.3 Å². The molecule has 0 atom stereocenters. The van der Waals surface area contributed by atoms with Crippen molar-refractivity contribution < 1.29 is 18.7 Å². The topological polar surface area (TPSA) is 84.2 Å². The van der Waals surface area contributed by atoms with Crippen molar-refractivity contribution in [1.29, 1.82) is 0 Å². The van der Waals surface area contributed by atoms with Gasteiger partial charge in [0.2, 0.25) is 0 Å². The standard InChI is InChI=1S/C32H35N3O5/c1-22-29(36)25-8-6-9-26(31(25)40-30(22)23-12-14-24(38-2)15-13-23)32(37)33-16-7-17-34-18-20-35(21-19-34)27-10-4-5-11-28(27)39-3/h4-6,8-15H,7,16-21H2,1-3H3,(H,33,37). The van der Waals surface area contributed by atoms with Gasteiger partial charge in [-0.15, -0.1) is 0 Å². The first-order valence-corrected chi connectivity index (χ1v) is 13.6. The van der Waals surface area contributed by atoms with E-state index in [1.54, 1.807) is 39.3 Å². The molecule has 0 aliphatic carbocycles. The molecule has 1 aliphatic heterocycles. The van der Waals surface area contributed by atoms with Gasteiger partial charge in [-0.1, -0.05) is 18.2 Å². The van der Waals surface area contributed by atoms with E-state index >= 15 is 0 Å². The van der Waals surface area contributed by atoms with Gasteiger partial charge in [0, 0.05) is 43.9 Å². The van der Waals surface area contributed by atoms with Crippen LogP contribution in [-0.4, -0.2) is 64.3 Å². The zero-order valence-corrected chi connectivity index (χ0v) is 23.2. The first-order chi connectivity index (χ1) is 19.5. The van der Waals surface area contributed by atoms with E-state index in [1.165, 1.54) is 0 Å². The van der Waals surface area contributed by atoms with Crippen LogP contribution in [0.2, 0.25) is 0 Å². The third kappa shape index (κ3) is 5.67. The fraction of sp³-hybridized carbons (Fsp3) is 0.312. The molecule has 8 nitrogen and oxygen atoms in total. The van der Waals surface area contributed by atoms with E-state index in [-0.39, 0.29) is 11.3 Å². The Morgan fingerprint density at radius 1 is 0.925 bits per heavy atom. The summed E-state index contributed by atoms with van der Waals surface area (Å²) in [6.45, 7) is 6.93. The second-order valence-corrected chi connectivity index (χ2v) is 9.91. The number of fused-ring (bicyclic) bond motifs is 1. The zero-order valence-electron chi connectivity index (χ0n) is 23.2. The minimum atomic E-state index is -0.251. The van der Waals surface area contributed by atoms with Gasteiger partial charge in [0.05, 0.1) is 30.9 Å². The molecule has 0 spiro atoms. The van der Waals surface area contributed by atoms with E-state index in [0.717, 1.165) is 56.1 Å². The van der Waals surface area contributed by atoms with Crippen LogP contribution in [0.4, 0.5) is 5.69 Å². The highest BCUT2D eigenvalue weighted by atomic mass is 16.5. The lowest BCUT2D eigenvalue weighted by atomic mass is 10.0. The molecule has 2 heterocycles. The maximum absolute atomic E-state index is 13.2. The lowest BCUT2D eigenvalue weighted by Crippen LogP contribution is -2.47. The number of ether oxygens (including phenoxy) is 2. The van der Waals surface area contributed by atoms with Crippen LogP contribution in [0.3, 0.4) is 0 Å². The van der Waals surface area contributed by atoms with Gasteiger partial charge in [-0.2, -0.15) is 0 Å². The van der Waals surface area contributed by atoms with Gasteiger partial charge >= 0.3 is 0 Å². The monoisotopic (exact) mass is 541 g/mol. The molecule has 1 aromatic heterocycles. The average molecular weight is 542 g/mol. The summed E-state index contributed by atoms with van der Waals surface area (Å²) in [4.78, 5) is 31.1. The number of para-hydroxylation sites is 3. The third-order valence-corrected chi connectivity index (χ3v) is 7.48. The fourth-order valence-electron chi connectivity index (χ4n) is 5.21. The number of anilines is 1. The minimum absolute atomic E-state index is 0.144. The van der Waals surface area contributed by atoms with Crippen molar-refractivity contribution in [2.24, 2.45) is 0 Å². The summed E-state index contributed by atoms with van der Waals surface area (Å²) in [5.74, 6) is 1.81. The van der Waals surface area contributed by atoms with Crippen LogP contribution in [0.15, 0.2) is 75.9 Å². The van der Waals surface area contributed by atoms with Crippen LogP contribution in [0.5, 0.6) is 11.5 Å². The number of hydrogen-bond donors (Lipinski definition) is 1. The molecule has 8 heteroatoms. The molecule has 40 heavy (non-hydrogen) atoms. The highest BCUT2D eigenvalue weighted by Gasteiger charge is 2.20. The number of methoxy groups -OCH3 is 2. The maximum atomic E-state index is 13.2. The van der Waals surface area contributed by atoms with E-state index in [0.29, 0.717) is 40.2 Å². The molecule has 1 aliphatic rings. The van der Waals surface area contributed by atoms with Crippen LogP contribution in [-0.2, 0) is 0 Å². The van der Waals surface area contributed by atoms with Gasteiger partial charge in [-0.3, -0.25) is 14.5 Å². The second kappa shape index (κ2) is 12.3. The van der Waals surface area contributed by atoms with Crippen molar-refractivity contribution in [3.63, 3.8) is 0 Å². The molecular weight excluding hydrogens is 506 g/mol. The molecule has 1 N–H and O–H groups in total. The van der Waals surface area contributed by atoms with Crippen LogP contribution in [0.25, 0.3) is 22.3 Å². The van der Waals surface area contributed by atoms with E-state index in [1.807, 2.05) is 42.5 Å². The zero-order chi connectivity index (χ0) is 28.1. The highest BCUT2D eigenvalue weighted by molar-refractivity contribution is 6.05. The molecule has 208 valence electrons. The molecule has 0 unspecified atom stereocenters.